The van der Waals surface area contributed by atoms with E-state index in [9.17, 15) is 0 Å². The highest BCUT2D eigenvalue weighted by molar-refractivity contribution is 6.15. The second-order valence-corrected chi connectivity index (χ2v) is 15.4. The van der Waals surface area contributed by atoms with Gasteiger partial charge in [-0.1, -0.05) is 194 Å². The Kier molecular flexibility index (Phi) is 9.18. The molecule has 0 unspecified atom stereocenters. The number of rotatable bonds is 8. The fourth-order valence-electron chi connectivity index (χ4n) is 8.72. The molecule has 3 heteroatoms. The van der Waals surface area contributed by atoms with Gasteiger partial charge in [0, 0.05) is 38.7 Å². The SMILES string of the molecule is c1ccc(-c2cc(-c3ccccc3)nc(-c3cccc(-c4cccc(-n5c6ccccc6c6cc(-c7ccccc7-c7ccccc7)cc(-c7ccccc7)c65)c4)c3)n2)cc1. The molecule has 0 N–H and O–H groups in total. The first kappa shape index (κ1) is 36.0. The zero-order valence-corrected chi connectivity index (χ0v) is 33.4. The maximum absolute atomic E-state index is 5.14. The van der Waals surface area contributed by atoms with Gasteiger partial charge in [-0.25, -0.2) is 9.97 Å². The largest absolute Gasteiger partial charge is 0.309 e. The second-order valence-electron chi connectivity index (χ2n) is 15.4. The van der Waals surface area contributed by atoms with Crippen molar-refractivity contribution in [2.45, 2.75) is 0 Å². The number of fused-ring (bicyclic) bond motifs is 3. The van der Waals surface area contributed by atoms with Crippen LogP contribution in [0.25, 0.3) is 106 Å². The zero-order chi connectivity index (χ0) is 40.5. The fraction of sp³-hybridized carbons (Fsp3) is 0. The topological polar surface area (TPSA) is 30.7 Å². The van der Waals surface area contributed by atoms with Gasteiger partial charge in [-0.15, -0.1) is 0 Å². The van der Waals surface area contributed by atoms with Crippen molar-refractivity contribution in [2.75, 3.05) is 0 Å². The van der Waals surface area contributed by atoms with E-state index >= 15 is 0 Å². The number of nitrogens with zero attached hydrogens (tertiary/aromatic N) is 3. The predicted octanol–water partition coefficient (Wildman–Crippen LogP) is 15.2. The Balaban J connectivity index is 1.08. The van der Waals surface area contributed by atoms with Crippen LogP contribution in [-0.2, 0) is 0 Å². The van der Waals surface area contributed by atoms with Crippen LogP contribution in [0.4, 0.5) is 0 Å². The van der Waals surface area contributed by atoms with Gasteiger partial charge >= 0.3 is 0 Å². The molecule has 0 saturated carbocycles. The molecule has 0 radical (unpaired) electrons. The molecule has 0 bridgehead atoms. The quantitative estimate of drug-likeness (QED) is 0.154. The normalized spacial score (nSPS) is 11.3. The Labute approximate surface area is 355 Å². The van der Waals surface area contributed by atoms with Gasteiger partial charge in [0.25, 0.3) is 0 Å². The standard InChI is InChI=1S/C58H39N3/c1-5-19-40(20-6-1)49-31-13-14-32-50(49)47-37-52(41-21-7-2-8-22-41)57-53(38-47)51-33-15-16-34-56(51)61(57)48-30-18-28-45(36-48)44-27-17-29-46(35-44)58-59-54(42-23-9-3-10-24-42)39-55(60-58)43-25-11-4-12-26-43/h1-39H. The lowest BCUT2D eigenvalue weighted by atomic mass is 9.91. The molecule has 0 aliphatic rings. The summed E-state index contributed by atoms with van der Waals surface area (Å²) in [5.74, 6) is 0.692. The average Bonchev–Trinajstić information content (AvgIpc) is 3.69. The van der Waals surface area contributed by atoms with E-state index in [2.05, 4.69) is 229 Å². The van der Waals surface area contributed by atoms with Gasteiger partial charge in [-0.2, -0.15) is 0 Å². The zero-order valence-electron chi connectivity index (χ0n) is 33.4. The van der Waals surface area contributed by atoms with Crippen LogP contribution in [0.3, 0.4) is 0 Å². The second kappa shape index (κ2) is 15.6. The number of para-hydroxylation sites is 1. The first-order valence-electron chi connectivity index (χ1n) is 20.7. The van der Waals surface area contributed by atoms with Crippen LogP contribution in [0.5, 0.6) is 0 Å². The van der Waals surface area contributed by atoms with E-state index in [0.29, 0.717) is 5.82 Å². The summed E-state index contributed by atoms with van der Waals surface area (Å²) in [6, 6.07) is 84.1. The van der Waals surface area contributed by atoms with E-state index in [4.69, 9.17) is 9.97 Å². The molecule has 0 aliphatic heterocycles. The number of hydrogen-bond acceptors (Lipinski definition) is 2. The van der Waals surface area contributed by atoms with E-state index < -0.39 is 0 Å². The number of hydrogen-bond donors (Lipinski definition) is 0. The minimum Gasteiger partial charge on any atom is -0.309 e. The van der Waals surface area contributed by atoms with Gasteiger partial charge in [-0.3, -0.25) is 0 Å². The molecule has 3 nitrogen and oxygen atoms in total. The third-order valence-electron chi connectivity index (χ3n) is 11.6. The molecule has 0 aliphatic carbocycles. The van der Waals surface area contributed by atoms with Crippen LogP contribution in [0.1, 0.15) is 0 Å². The van der Waals surface area contributed by atoms with Crippen molar-refractivity contribution in [1.29, 1.82) is 0 Å². The molecule has 286 valence electrons. The van der Waals surface area contributed by atoms with Crippen LogP contribution in [0.15, 0.2) is 237 Å². The molecule has 0 saturated heterocycles. The lowest BCUT2D eigenvalue weighted by Gasteiger charge is -2.16. The van der Waals surface area contributed by atoms with Crippen molar-refractivity contribution < 1.29 is 0 Å². The summed E-state index contributed by atoms with van der Waals surface area (Å²) < 4.78 is 2.45. The van der Waals surface area contributed by atoms with Crippen molar-refractivity contribution in [3.05, 3.63) is 237 Å². The van der Waals surface area contributed by atoms with Crippen molar-refractivity contribution in [3.8, 4) is 84.1 Å². The molecule has 9 aromatic carbocycles. The maximum Gasteiger partial charge on any atom is 0.160 e. The highest BCUT2D eigenvalue weighted by Crippen LogP contribution is 2.43. The van der Waals surface area contributed by atoms with Gasteiger partial charge in [0.2, 0.25) is 0 Å². The van der Waals surface area contributed by atoms with Crippen molar-refractivity contribution in [2.24, 2.45) is 0 Å². The Morgan fingerprint density at radius 3 is 1.39 bits per heavy atom. The molecule has 0 amide bonds. The molecule has 11 aromatic rings. The van der Waals surface area contributed by atoms with Crippen LogP contribution in [0, 0.1) is 0 Å². The van der Waals surface area contributed by atoms with Crippen molar-refractivity contribution in [1.82, 2.24) is 14.5 Å². The van der Waals surface area contributed by atoms with Crippen molar-refractivity contribution in [3.63, 3.8) is 0 Å². The monoisotopic (exact) mass is 777 g/mol. The van der Waals surface area contributed by atoms with E-state index in [0.717, 1.165) is 50.4 Å². The van der Waals surface area contributed by atoms with Gasteiger partial charge in [0.1, 0.15) is 0 Å². The molecule has 2 heterocycles. The first-order chi connectivity index (χ1) is 30.2. The summed E-state index contributed by atoms with van der Waals surface area (Å²) in [6.07, 6.45) is 0. The lowest BCUT2D eigenvalue weighted by Crippen LogP contribution is -1.97. The number of aromatic nitrogens is 3. The van der Waals surface area contributed by atoms with Crippen molar-refractivity contribution >= 4 is 21.8 Å². The summed E-state index contributed by atoms with van der Waals surface area (Å²) >= 11 is 0. The average molecular weight is 778 g/mol. The smallest absolute Gasteiger partial charge is 0.160 e. The van der Waals surface area contributed by atoms with Gasteiger partial charge in [0.05, 0.1) is 22.4 Å². The highest BCUT2D eigenvalue weighted by atomic mass is 15.0. The van der Waals surface area contributed by atoms with E-state index in [1.807, 2.05) is 12.1 Å². The predicted molar refractivity (Wildman–Crippen MR) is 254 cm³/mol. The summed E-state index contributed by atoms with van der Waals surface area (Å²) in [5, 5.41) is 2.43. The molecule has 2 aromatic heterocycles. The van der Waals surface area contributed by atoms with E-state index in [1.54, 1.807) is 0 Å². The third-order valence-corrected chi connectivity index (χ3v) is 11.6. The minimum atomic E-state index is 0.692. The Hall–Kier alpha value is -8.14. The molecule has 0 fully saturated rings. The number of benzene rings is 9. The Bertz CT molecular complexity index is 3280. The molecular weight excluding hydrogens is 739 g/mol. The highest BCUT2D eigenvalue weighted by Gasteiger charge is 2.20. The summed E-state index contributed by atoms with van der Waals surface area (Å²) in [7, 11) is 0. The van der Waals surface area contributed by atoms with Crippen LogP contribution in [-0.4, -0.2) is 14.5 Å². The lowest BCUT2D eigenvalue weighted by molar-refractivity contribution is 1.18. The molecule has 11 rings (SSSR count). The maximum atomic E-state index is 5.14. The van der Waals surface area contributed by atoms with Gasteiger partial charge < -0.3 is 4.57 Å². The fourth-order valence-corrected chi connectivity index (χ4v) is 8.72. The van der Waals surface area contributed by atoms with E-state index in [-0.39, 0.29) is 0 Å². The summed E-state index contributed by atoms with van der Waals surface area (Å²) in [4.78, 5) is 10.3. The van der Waals surface area contributed by atoms with Crippen LogP contribution in [0.2, 0.25) is 0 Å². The minimum absolute atomic E-state index is 0.692. The van der Waals surface area contributed by atoms with Gasteiger partial charge in [-0.05, 0) is 81.4 Å². The van der Waals surface area contributed by atoms with E-state index in [1.165, 1.54) is 49.7 Å². The molecule has 0 atom stereocenters. The van der Waals surface area contributed by atoms with Gasteiger partial charge in [0.15, 0.2) is 5.82 Å². The summed E-state index contributed by atoms with van der Waals surface area (Å²) in [5.41, 5.74) is 17.7. The Morgan fingerprint density at radius 2 is 0.754 bits per heavy atom. The first-order valence-corrected chi connectivity index (χ1v) is 20.7. The van der Waals surface area contributed by atoms with Crippen LogP contribution >= 0.6 is 0 Å². The molecule has 61 heavy (non-hydrogen) atoms. The Morgan fingerprint density at radius 1 is 0.279 bits per heavy atom. The molecule has 0 spiro atoms. The van der Waals surface area contributed by atoms with Crippen LogP contribution < -0.4 is 0 Å². The summed E-state index contributed by atoms with van der Waals surface area (Å²) in [6.45, 7) is 0. The third kappa shape index (κ3) is 6.78. The molecular formula is C58H39N3.